The number of rotatable bonds is 6. The van der Waals surface area contributed by atoms with Gasteiger partial charge < -0.3 is 24.4 Å². The molecule has 0 fully saturated rings. The summed E-state index contributed by atoms with van der Waals surface area (Å²) in [4.78, 5) is 28.5. The van der Waals surface area contributed by atoms with Crippen LogP contribution in [0.15, 0.2) is 60.7 Å². The van der Waals surface area contributed by atoms with Crippen LogP contribution in [0, 0.1) is 0 Å². The normalized spacial score (nSPS) is 19.0. The fourth-order valence-corrected chi connectivity index (χ4v) is 5.20. The molecule has 3 heterocycles. The summed E-state index contributed by atoms with van der Waals surface area (Å²) in [6, 6.07) is 19.0. The van der Waals surface area contributed by atoms with Crippen molar-refractivity contribution in [2.45, 2.75) is 31.7 Å². The van der Waals surface area contributed by atoms with Crippen LogP contribution in [0.25, 0.3) is 0 Å². The van der Waals surface area contributed by atoms with Crippen molar-refractivity contribution in [3.63, 3.8) is 0 Å². The molecule has 7 nitrogen and oxygen atoms in total. The number of fused-ring (bicyclic) bond motifs is 5. The van der Waals surface area contributed by atoms with Crippen LogP contribution in [0.4, 0.5) is 5.69 Å². The van der Waals surface area contributed by atoms with Crippen molar-refractivity contribution in [3.05, 3.63) is 82.9 Å². The smallest absolute Gasteiger partial charge is 0.251 e. The summed E-state index contributed by atoms with van der Waals surface area (Å²) >= 11 is 0. The van der Waals surface area contributed by atoms with Crippen LogP contribution in [-0.4, -0.2) is 31.8 Å². The predicted octanol–water partition coefficient (Wildman–Crippen LogP) is 4.17. The van der Waals surface area contributed by atoms with Gasteiger partial charge in [0.25, 0.3) is 5.91 Å². The third kappa shape index (κ3) is 3.33. The molecule has 1 unspecified atom stereocenters. The van der Waals surface area contributed by atoms with Gasteiger partial charge in [0.1, 0.15) is 17.8 Å². The molecule has 1 atom stereocenters. The Hall–Kier alpha value is -4.00. The predicted molar refractivity (Wildman–Crippen MR) is 130 cm³/mol. The van der Waals surface area contributed by atoms with E-state index in [-0.39, 0.29) is 25.2 Å². The third-order valence-corrected chi connectivity index (χ3v) is 6.99. The molecule has 0 aliphatic carbocycles. The zero-order chi connectivity index (χ0) is 24.0. The van der Waals surface area contributed by atoms with E-state index in [9.17, 15) is 9.59 Å². The summed E-state index contributed by atoms with van der Waals surface area (Å²) in [6.45, 7) is 3.47. The molecule has 0 saturated carbocycles. The summed E-state index contributed by atoms with van der Waals surface area (Å²) in [5.41, 5.74) is 3.10. The number of amides is 2. The zero-order valence-corrected chi connectivity index (χ0v) is 19.5. The van der Waals surface area contributed by atoms with E-state index in [0.717, 1.165) is 35.2 Å². The Labute approximate surface area is 203 Å². The molecular formula is C28H26N2O5. The van der Waals surface area contributed by atoms with Crippen LogP contribution in [0.2, 0.25) is 0 Å². The molecule has 7 heteroatoms. The highest BCUT2D eigenvalue weighted by Crippen LogP contribution is 2.55. The molecule has 2 amide bonds. The van der Waals surface area contributed by atoms with Crippen LogP contribution in [-0.2, 0) is 16.8 Å². The molecule has 0 saturated heterocycles. The van der Waals surface area contributed by atoms with Crippen LogP contribution in [0.5, 0.6) is 17.2 Å². The lowest BCUT2D eigenvalue weighted by molar-refractivity contribution is -0.122. The lowest BCUT2D eigenvalue weighted by Gasteiger charge is -2.23. The Morgan fingerprint density at radius 3 is 2.66 bits per heavy atom. The highest BCUT2D eigenvalue weighted by Gasteiger charge is 2.57. The number of ether oxygens (including phenoxy) is 3. The maximum Gasteiger partial charge on any atom is 0.251 e. The van der Waals surface area contributed by atoms with Gasteiger partial charge in [0, 0.05) is 29.4 Å². The van der Waals surface area contributed by atoms with Gasteiger partial charge in [-0.1, -0.05) is 43.7 Å². The Kier molecular flexibility index (Phi) is 5.13. The van der Waals surface area contributed by atoms with Gasteiger partial charge in [-0.25, -0.2) is 0 Å². The number of carbonyl (C=O) groups is 2. The average Bonchev–Trinajstić information content (AvgIpc) is 3.56. The fraction of sp³-hybridized carbons (Fsp3) is 0.286. The second kappa shape index (κ2) is 8.34. The van der Waals surface area contributed by atoms with Crippen molar-refractivity contribution in [1.29, 1.82) is 0 Å². The summed E-state index contributed by atoms with van der Waals surface area (Å²) in [5, 5.41) is 2.96. The van der Waals surface area contributed by atoms with Crippen molar-refractivity contribution < 1.29 is 23.8 Å². The molecular weight excluding hydrogens is 444 g/mol. The van der Waals surface area contributed by atoms with Gasteiger partial charge in [0.15, 0.2) is 11.5 Å². The van der Waals surface area contributed by atoms with Gasteiger partial charge in [-0.2, -0.15) is 0 Å². The Morgan fingerprint density at radius 1 is 0.971 bits per heavy atom. The molecule has 178 valence electrons. The van der Waals surface area contributed by atoms with E-state index in [4.69, 9.17) is 14.2 Å². The zero-order valence-electron chi connectivity index (χ0n) is 19.5. The number of anilines is 1. The SMILES string of the molecule is CCCCNC(=O)c1cccc(CN2C(=O)C3(COc4cc5c(cc43)OCO5)c3ccccc32)c1. The van der Waals surface area contributed by atoms with Crippen molar-refractivity contribution >= 4 is 17.5 Å². The van der Waals surface area contributed by atoms with Crippen molar-refractivity contribution in [2.75, 3.05) is 24.8 Å². The minimum atomic E-state index is -0.942. The van der Waals surface area contributed by atoms with Gasteiger partial charge in [0.2, 0.25) is 12.7 Å². The average molecular weight is 471 g/mol. The lowest BCUT2D eigenvalue weighted by Crippen LogP contribution is -2.42. The number of carbonyl (C=O) groups excluding carboxylic acids is 2. The molecule has 3 aliphatic rings. The highest BCUT2D eigenvalue weighted by atomic mass is 16.7. The van der Waals surface area contributed by atoms with Crippen LogP contribution in [0.3, 0.4) is 0 Å². The lowest BCUT2D eigenvalue weighted by atomic mass is 9.77. The summed E-state index contributed by atoms with van der Waals surface area (Å²) < 4.78 is 17.2. The van der Waals surface area contributed by atoms with Crippen LogP contribution >= 0.6 is 0 Å². The quantitative estimate of drug-likeness (QED) is 0.547. The molecule has 0 radical (unpaired) electrons. The fourth-order valence-electron chi connectivity index (χ4n) is 5.20. The highest BCUT2D eigenvalue weighted by molar-refractivity contribution is 6.11. The third-order valence-electron chi connectivity index (χ3n) is 6.99. The summed E-state index contributed by atoms with van der Waals surface area (Å²) in [6.07, 6.45) is 1.96. The summed E-state index contributed by atoms with van der Waals surface area (Å²) in [7, 11) is 0. The van der Waals surface area contributed by atoms with Crippen molar-refractivity contribution in [1.82, 2.24) is 5.32 Å². The largest absolute Gasteiger partial charge is 0.491 e. The molecule has 3 aromatic carbocycles. The molecule has 1 spiro atoms. The number of benzene rings is 3. The monoisotopic (exact) mass is 470 g/mol. The van der Waals surface area contributed by atoms with E-state index in [1.165, 1.54) is 0 Å². The van der Waals surface area contributed by atoms with Crippen LogP contribution < -0.4 is 24.4 Å². The van der Waals surface area contributed by atoms with Crippen molar-refractivity contribution in [2.24, 2.45) is 0 Å². The standard InChI is InChI=1S/C28H26N2O5/c1-2-3-11-29-26(31)19-8-6-7-18(12-19)15-30-22-10-5-4-9-20(22)28(27(30)32)16-33-23-14-25-24(13-21(23)28)34-17-35-25/h4-10,12-14H,2-3,11,15-17H2,1H3,(H,29,31). The van der Waals surface area contributed by atoms with Gasteiger partial charge >= 0.3 is 0 Å². The minimum absolute atomic E-state index is 0.0471. The van der Waals surface area contributed by atoms with Gasteiger partial charge in [-0.05, 0) is 41.8 Å². The molecule has 35 heavy (non-hydrogen) atoms. The first kappa shape index (κ1) is 21.5. The first-order valence-electron chi connectivity index (χ1n) is 12.0. The molecule has 3 aromatic rings. The van der Waals surface area contributed by atoms with E-state index >= 15 is 0 Å². The Morgan fingerprint density at radius 2 is 1.80 bits per heavy atom. The number of nitrogens with one attached hydrogen (secondary N) is 1. The first-order valence-corrected chi connectivity index (χ1v) is 12.0. The van der Waals surface area contributed by atoms with Gasteiger partial charge in [-0.15, -0.1) is 0 Å². The maximum absolute atomic E-state index is 14.1. The second-order valence-electron chi connectivity index (χ2n) is 9.11. The van der Waals surface area contributed by atoms with E-state index in [1.807, 2.05) is 54.6 Å². The number of hydrogen-bond donors (Lipinski definition) is 1. The van der Waals surface area contributed by atoms with E-state index < -0.39 is 5.41 Å². The number of para-hydroxylation sites is 1. The minimum Gasteiger partial charge on any atom is -0.491 e. The molecule has 0 bridgehead atoms. The maximum atomic E-state index is 14.1. The first-order chi connectivity index (χ1) is 17.1. The van der Waals surface area contributed by atoms with E-state index in [0.29, 0.717) is 35.9 Å². The number of hydrogen-bond acceptors (Lipinski definition) is 5. The molecule has 0 aromatic heterocycles. The van der Waals surface area contributed by atoms with Crippen molar-refractivity contribution in [3.8, 4) is 17.2 Å². The Balaban J connectivity index is 1.34. The summed E-state index contributed by atoms with van der Waals surface area (Å²) in [5.74, 6) is 1.75. The molecule has 3 aliphatic heterocycles. The van der Waals surface area contributed by atoms with Crippen LogP contribution in [0.1, 0.15) is 46.8 Å². The molecule has 1 N–H and O–H groups in total. The number of unbranched alkanes of at least 4 members (excludes halogenated alkanes) is 1. The second-order valence-corrected chi connectivity index (χ2v) is 9.11. The Bertz CT molecular complexity index is 1340. The molecule has 6 rings (SSSR count). The van der Waals surface area contributed by atoms with Gasteiger partial charge in [-0.3, -0.25) is 9.59 Å². The van der Waals surface area contributed by atoms with E-state index in [1.54, 1.807) is 11.0 Å². The number of nitrogens with zero attached hydrogens (tertiary/aromatic N) is 1. The van der Waals surface area contributed by atoms with Gasteiger partial charge in [0.05, 0.1) is 6.54 Å². The topological polar surface area (TPSA) is 77.1 Å². The van der Waals surface area contributed by atoms with E-state index in [2.05, 4.69) is 12.2 Å².